The molecule has 0 aromatic heterocycles. The largest absolute Gasteiger partial charge is 0.455 e. The number of carbonyl (C=O) groups excluding carboxylic acids is 3. The quantitative estimate of drug-likeness (QED) is 0.502. The maximum absolute atomic E-state index is 12.8. The van der Waals surface area contributed by atoms with Gasteiger partial charge in [-0.25, -0.2) is 4.79 Å². The highest BCUT2D eigenvalue weighted by Crippen LogP contribution is 2.29. The molecule has 1 spiro atoms. The average Bonchev–Trinajstić information content (AvgIpc) is 3.29. The molecule has 190 valence electrons. The Morgan fingerprint density at radius 3 is 2.69 bits per heavy atom. The van der Waals surface area contributed by atoms with Gasteiger partial charge in [0.15, 0.2) is 0 Å². The molecule has 1 unspecified atom stereocenters. The fourth-order valence-corrected chi connectivity index (χ4v) is 4.00. The molecule has 0 saturated carbocycles. The second-order valence-corrected chi connectivity index (χ2v) is 8.95. The van der Waals surface area contributed by atoms with Crippen molar-refractivity contribution in [3.05, 3.63) is 48.0 Å². The summed E-state index contributed by atoms with van der Waals surface area (Å²) in [6.07, 6.45) is 9.38. The van der Waals surface area contributed by atoms with Gasteiger partial charge in [0, 0.05) is 19.9 Å². The molecule has 1 aromatic carbocycles. The van der Waals surface area contributed by atoms with Gasteiger partial charge < -0.3 is 19.1 Å². The van der Waals surface area contributed by atoms with Crippen molar-refractivity contribution >= 4 is 23.9 Å². The molecule has 0 bridgehead atoms. The van der Waals surface area contributed by atoms with Crippen LogP contribution in [0, 0.1) is 0 Å². The van der Waals surface area contributed by atoms with Crippen LogP contribution in [-0.4, -0.2) is 61.2 Å². The van der Waals surface area contributed by atoms with Gasteiger partial charge in [-0.2, -0.15) is 0 Å². The lowest BCUT2D eigenvalue weighted by atomic mass is 9.96. The molecule has 3 rings (SSSR count). The molecule has 9 heteroatoms. The number of amides is 2. The number of esters is 1. The van der Waals surface area contributed by atoms with Crippen LogP contribution < -0.4 is 5.32 Å². The summed E-state index contributed by atoms with van der Waals surface area (Å²) in [5.41, 5.74) is 0.153. The molecule has 1 aromatic rings. The SMILES string of the molecule is CN1CC(=O)OC2(CC/C=C/CCCCCC(=O)NC1=NC(=O)OCc1ccccc1)CCOC2. The van der Waals surface area contributed by atoms with Crippen LogP contribution in [0.4, 0.5) is 4.79 Å². The maximum atomic E-state index is 12.8. The highest BCUT2D eigenvalue weighted by Gasteiger charge is 2.38. The topological polar surface area (TPSA) is 107 Å². The van der Waals surface area contributed by atoms with Gasteiger partial charge in [-0.15, -0.1) is 4.99 Å². The third-order valence-corrected chi connectivity index (χ3v) is 5.99. The maximum Gasteiger partial charge on any atom is 0.437 e. The second-order valence-electron chi connectivity index (χ2n) is 8.95. The van der Waals surface area contributed by atoms with Crippen LogP contribution in [-0.2, 0) is 30.4 Å². The number of ether oxygens (including phenoxy) is 3. The first-order chi connectivity index (χ1) is 17.0. The van der Waals surface area contributed by atoms with Crippen molar-refractivity contribution in [2.24, 2.45) is 4.99 Å². The fraction of sp³-hybridized carbons (Fsp3) is 0.538. The molecule has 1 fully saturated rings. The number of rotatable bonds is 2. The second kappa shape index (κ2) is 13.6. The number of benzene rings is 1. The molecule has 2 aliphatic heterocycles. The van der Waals surface area contributed by atoms with E-state index in [2.05, 4.69) is 22.5 Å². The van der Waals surface area contributed by atoms with Crippen LogP contribution in [0.2, 0.25) is 0 Å². The van der Waals surface area contributed by atoms with E-state index in [0.29, 0.717) is 32.5 Å². The number of hydrogen-bond donors (Lipinski definition) is 1. The molecule has 2 aliphatic rings. The van der Waals surface area contributed by atoms with Crippen molar-refractivity contribution in [2.75, 3.05) is 26.8 Å². The minimum absolute atomic E-state index is 0.0483. The Morgan fingerprint density at radius 2 is 1.91 bits per heavy atom. The zero-order valence-corrected chi connectivity index (χ0v) is 20.4. The molecule has 9 nitrogen and oxygen atoms in total. The van der Waals surface area contributed by atoms with E-state index in [-0.39, 0.29) is 25.0 Å². The third kappa shape index (κ3) is 9.16. The van der Waals surface area contributed by atoms with Crippen LogP contribution in [0.15, 0.2) is 47.5 Å². The lowest BCUT2D eigenvalue weighted by Crippen LogP contribution is -2.46. The van der Waals surface area contributed by atoms with Crippen molar-refractivity contribution in [1.29, 1.82) is 0 Å². The number of aliphatic imine (C=N–C) groups is 1. The summed E-state index contributed by atoms with van der Waals surface area (Å²) < 4.78 is 16.6. The van der Waals surface area contributed by atoms with Gasteiger partial charge in [-0.3, -0.25) is 14.9 Å². The first kappa shape index (κ1) is 26.4. The number of nitrogens with zero attached hydrogens (tertiary/aromatic N) is 2. The van der Waals surface area contributed by atoms with Gasteiger partial charge in [-0.1, -0.05) is 48.9 Å². The molecule has 2 amide bonds. The Labute approximate surface area is 206 Å². The molecule has 1 N–H and O–H groups in total. The summed E-state index contributed by atoms with van der Waals surface area (Å²) >= 11 is 0. The van der Waals surface area contributed by atoms with Gasteiger partial charge in [0.25, 0.3) is 0 Å². The van der Waals surface area contributed by atoms with Gasteiger partial charge in [0.2, 0.25) is 11.9 Å². The van der Waals surface area contributed by atoms with Gasteiger partial charge in [0.1, 0.15) is 18.8 Å². The summed E-state index contributed by atoms with van der Waals surface area (Å²) in [4.78, 5) is 43.0. The lowest BCUT2D eigenvalue weighted by Gasteiger charge is -2.29. The molecule has 0 aliphatic carbocycles. The third-order valence-electron chi connectivity index (χ3n) is 5.99. The zero-order chi connectivity index (χ0) is 24.9. The van der Waals surface area contributed by atoms with E-state index < -0.39 is 17.7 Å². The number of nitrogens with one attached hydrogen (secondary N) is 1. The first-order valence-electron chi connectivity index (χ1n) is 12.2. The minimum atomic E-state index is -0.859. The van der Waals surface area contributed by atoms with Crippen molar-refractivity contribution in [3.8, 4) is 0 Å². The summed E-state index contributed by atoms with van der Waals surface area (Å²) in [5.74, 6) is -0.807. The Bertz CT molecular complexity index is 909. The number of allylic oxidation sites excluding steroid dienone is 2. The van der Waals surface area contributed by atoms with Crippen LogP contribution in [0.3, 0.4) is 0 Å². The summed E-state index contributed by atoms with van der Waals surface area (Å²) in [6.45, 7) is 0.762. The van der Waals surface area contributed by atoms with Crippen molar-refractivity contribution in [2.45, 2.75) is 63.6 Å². The predicted molar refractivity (Wildman–Crippen MR) is 131 cm³/mol. The molecule has 1 saturated heterocycles. The van der Waals surface area contributed by atoms with Crippen LogP contribution in [0.1, 0.15) is 56.9 Å². The molecular formula is C26H35N3O6. The van der Waals surface area contributed by atoms with Crippen LogP contribution >= 0.6 is 0 Å². The first-order valence-corrected chi connectivity index (χ1v) is 12.2. The smallest absolute Gasteiger partial charge is 0.437 e. The number of guanidine groups is 1. The Morgan fingerprint density at radius 1 is 1.11 bits per heavy atom. The Kier molecular flexibility index (Phi) is 10.3. The lowest BCUT2D eigenvalue weighted by molar-refractivity contribution is -0.160. The van der Waals surface area contributed by atoms with Crippen molar-refractivity contribution in [3.63, 3.8) is 0 Å². The van der Waals surface area contributed by atoms with Gasteiger partial charge in [0.05, 0.1) is 13.2 Å². The van der Waals surface area contributed by atoms with E-state index in [4.69, 9.17) is 14.2 Å². The van der Waals surface area contributed by atoms with Gasteiger partial charge in [-0.05, 0) is 37.7 Å². The van der Waals surface area contributed by atoms with E-state index in [0.717, 1.165) is 37.7 Å². The fourth-order valence-electron chi connectivity index (χ4n) is 4.00. The molecule has 35 heavy (non-hydrogen) atoms. The van der Waals surface area contributed by atoms with Crippen LogP contribution in [0.5, 0.6) is 0 Å². The number of hydrogen-bond acceptors (Lipinski definition) is 6. The van der Waals surface area contributed by atoms with E-state index >= 15 is 0 Å². The van der Waals surface area contributed by atoms with Gasteiger partial charge >= 0.3 is 12.1 Å². The average molecular weight is 486 g/mol. The highest BCUT2D eigenvalue weighted by molar-refractivity contribution is 6.01. The number of likely N-dealkylation sites (N-methyl/N-ethyl adjacent to an activating group) is 1. The van der Waals surface area contributed by atoms with E-state index in [1.54, 1.807) is 7.05 Å². The molecule has 1 atom stereocenters. The van der Waals surface area contributed by atoms with Crippen LogP contribution in [0.25, 0.3) is 0 Å². The Balaban J connectivity index is 1.70. The monoisotopic (exact) mass is 485 g/mol. The van der Waals surface area contributed by atoms with E-state index in [1.807, 2.05) is 30.3 Å². The zero-order valence-electron chi connectivity index (χ0n) is 20.4. The van der Waals surface area contributed by atoms with E-state index in [1.165, 1.54) is 4.90 Å². The highest BCUT2D eigenvalue weighted by atomic mass is 16.6. The molecule has 0 radical (unpaired) electrons. The normalized spacial score (nSPS) is 25.1. The van der Waals surface area contributed by atoms with Crippen molar-refractivity contribution < 1.29 is 28.6 Å². The standard InChI is InChI=1S/C26H35N3O6/c1-29-18-23(31)35-26(16-17-33-20-26)15-11-6-4-2-3-5-10-14-22(30)27-24(29)28-25(32)34-19-21-12-8-7-9-13-21/h4,6-9,12-13H,2-3,5,10-11,14-20H2,1H3,(H,27,28,30,32)/b6-4+. The van der Waals surface area contributed by atoms with E-state index in [9.17, 15) is 14.4 Å². The predicted octanol–water partition coefficient (Wildman–Crippen LogP) is 3.73. The Hall–Kier alpha value is -3.20. The minimum Gasteiger partial charge on any atom is -0.455 e. The summed E-state index contributed by atoms with van der Waals surface area (Å²) in [7, 11) is 1.57. The summed E-state index contributed by atoms with van der Waals surface area (Å²) in [6, 6.07) is 9.22. The number of carbonyl (C=O) groups is 3. The van der Waals surface area contributed by atoms with Crippen molar-refractivity contribution in [1.82, 2.24) is 10.2 Å². The summed E-state index contributed by atoms with van der Waals surface area (Å²) in [5, 5.41) is 2.66. The molecular weight excluding hydrogens is 450 g/mol. The molecule has 2 heterocycles.